The van der Waals surface area contributed by atoms with Gasteiger partial charge in [0.15, 0.2) is 0 Å². The van der Waals surface area contributed by atoms with E-state index < -0.39 is 0 Å². The first-order valence-corrected chi connectivity index (χ1v) is 9.08. The van der Waals surface area contributed by atoms with Crippen molar-refractivity contribution in [3.8, 4) is 22.3 Å². The van der Waals surface area contributed by atoms with Crippen LogP contribution < -0.4 is 0 Å². The summed E-state index contributed by atoms with van der Waals surface area (Å²) in [6.45, 7) is 6.82. The molecule has 0 atom stereocenters. The van der Waals surface area contributed by atoms with Gasteiger partial charge in [0.05, 0.1) is 0 Å². The van der Waals surface area contributed by atoms with E-state index in [0.717, 1.165) is 19.3 Å². The highest BCUT2D eigenvalue weighted by Crippen LogP contribution is 2.38. The summed E-state index contributed by atoms with van der Waals surface area (Å²) < 4.78 is 0. The molecule has 0 aliphatic heterocycles. The first-order valence-electron chi connectivity index (χ1n) is 9.08. The van der Waals surface area contributed by atoms with Gasteiger partial charge in [-0.25, -0.2) is 0 Å². The maximum atomic E-state index is 2.43. The first kappa shape index (κ1) is 16.5. The molecule has 3 rings (SSSR count). The molecule has 0 bridgehead atoms. The smallest absolute Gasteiger partial charge is 0.0111 e. The van der Waals surface area contributed by atoms with Crippen LogP contribution in [-0.4, -0.2) is 0 Å². The molecule has 0 saturated heterocycles. The summed E-state index contributed by atoms with van der Waals surface area (Å²) in [5.74, 6) is 0. The largest absolute Gasteiger partial charge is 0.0622 e. The van der Waals surface area contributed by atoms with Gasteiger partial charge in [0.25, 0.3) is 0 Å². The second-order valence-electron chi connectivity index (χ2n) is 6.21. The molecule has 0 saturated carbocycles. The van der Waals surface area contributed by atoms with E-state index >= 15 is 0 Å². The van der Waals surface area contributed by atoms with Crippen LogP contribution in [0.5, 0.6) is 0 Å². The molecule has 0 fully saturated rings. The average molecular weight is 314 g/mol. The third-order valence-corrected chi connectivity index (χ3v) is 4.87. The van der Waals surface area contributed by atoms with Gasteiger partial charge < -0.3 is 0 Å². The Balaban J connectivity index is 2.37. The molecule has 0 amide bonds. The Labute approximate surface area is 146 Å². The van der Waals surface area contributed by atoms with Gasteiger partial charge in [-0.3, -0.25) is 0 Å². The molecule has 122 valence electrons. The van der Waals surface area contributed by atoms with Gasteiger partial charge >= 0.3 is 0 Å². The maximum absolute atomic E-state index is 2.43. The van der Waals surface area contributed by atoms with Crippen LogP contribution in [0.2, 0.25) is 0 Å². The van der Waals surface area contributed by atoms with Crippen LogP contribution in [0.3, 0.4) is 0 Å². The van der Waals surface area contributed by atoms with Crippen molar-refractivity contribution in [1.82, 2.24) is 0 Å². The Morgan fingerprint density at radius 2 is 1.12 bits per heavy atom. The van der Waals surface area contributed by atoms with Crippen LogP contribution in [0.15, 0.2) is 66.7 Å². The van der Waals surface area contributed by atoms with E-state index in [-0.39, 0.29) is 0 Å². The van der Waals surface area contributed by atoms with Crippen LogP contribution in [0.1, 0.15) is 37.5 Å². The molecule has 0 nitrogen and oxygen atoms in total. The lowest BCUT2D eigenvalue weighted by Gasteiger charge is -2.22. The number of aryl methyl sites for hydroxylation is 1. The van der Waals surface area contributed by atoms with E-state index in [9.17, 15) is 0 Å². The third kappa shape index (κ3) is 3.01. The average Bonchev–Trinajstić information content (AvgIpc) is 2.67. The van der Waals surface area contributed by atoms with Crippen molar-refractivity contribution in [2.45, 2.75) is 40.0 Å². The van der Waals surface area contributed by atoms with Crippen LogP contribution in [0, 0.1) is 0 Å². The topological polar surface area (TPSA) is 0 Å². The highest BCUT2D eigenvalue weighted by Gasteiger charge is 2.17. The number of hydrogen-bond acceptors (Lipinski definition) is 0. The van der Waals surface area contributed by atoms with E-state index in [2.05, 4.69) is 87.5 Å². The zero-order valence-electron chi connectivity index (χ0n) is 15.0. The SMILES string of the molecule is CCc1cc(-c2ccccc2)c(CC)c(-c2ccccc2)c1CC. The zero-order chi connectivity index (χ0) is 16.9. The molecule has 24 heavy (non-hydrogen) atoms. The quantitative estimate of drug-likeness (QED) is 0.491. The van der Waals surface area contributed by atoms with Crippen molar-refractivity contribution in [3.63, 3.8) is 0 Å². The number of rotatable bonds is 5. The first-order chi connectivity index (χ1) is 11.8. The Morgan fingerprint density at radius 3 is 1.62 bits per heavy atom. The molecule has 0 heterocycles. The normalized spacial score (nSPS) is 10.8. The Kier molecular flexibility index (Phi) is 5.15. The predicted molar refractivity (Wildman–Crippen MR) is 105 cm³/mol. The Morgan fingerprint density at radius 1 is 0.583 bits per heavy atom. The second kappa shape index (κ2) is 7.49. The summed E-state index contributed by atoms with van der Waals surface area (Å²) in [5.41, 5.74) is 9.99. The molecule has 0 radical (unpaired) electrons. The lowest BCUT2D eigenvalue weighted by molar-refractivity contribution is 1.02. The zero-order valence-corrected chi connectivity index (χ0v) is 15.0. The van der Waals surface area contributed by atoms with E-state index in [1.54, 1.807) is 0 Å². The van der Waals surface area contributed by atoms with Crippen molar-refractivity contribution < 1.29 is 0 Å². The third-order valence-electron chi connectivity index (χ3n) is 4.87. The lowest BCUT2D eigenvalue weighted by Crippen LogP contribution is -2.03. The van der Waals surface area contributed by atoms with E-state index in [1.807, 2.05) is 0 Å². The minimum atomic E-state index is 1.05. The summed E-state index contributed by atoms with van der Waals surface area (Å²) in [6.07, 6.45) is 3.20. The van der Waals surface area contributed by atoms with Gasteiger partial charge in [0, 0.05) is 0 Å². The van der Waals surface area contributed by atoms with Crippen molar-refractivity contribution in [2.75, 3.05) is 0 Å². The molecule has 0 N–H and O–H groups in total. The molecule has 0 aliphatic rings. The summed E-state index contributed by atoms with van der Waals surface area (Å²) in [6, 6.07) is 24.2. The van der Waals surface area contributed by atoms with Crippen LogP contribution in [0.4, 0.5) is 0 Å². The Bertz CT molecular complexity index is 798. The molecule has 0 heteroatoms. The summed E-state index contributed by atoms with van der Waals surface area (Å²) in [4.78, 5) is 0. The molecule has 3 aromatic rings. The van der Waals surface area contributed by atoms with Gasteiger partial charge in [-0.05, 0) is 58.2 Å². The van der Waals surface area contributed by atoms with Crippen molar-refractivity contribution in [1.29, 1.82) is 0 Å². The minimum Gasteiger partial charge on any atom is -0.0622 e. The van der Waals surface area contributed by atoms with Crippen LogP contribution in [-0.2, 0) is 19.3 Å². The Hall–Kier alpha value is -2.34. The van der Waals surface area contributed by atoms with Gasteiger partial charge in [-0.2, -0.15) is 0 Å². The summed E-state index contributed by atoms with van der Waals surface area (Å²) >= 11 is 0. The highest BCUT2D eigenvalue weighted by atomic mass is 14.2. The maximum Gasteiger partial charge on any atom is -0.0111 e. The van der Waals surface area contributed by atoms with Crippen LogP contribution >= 0.6 is 0 Å². The van der Waals surface area contributed by atoms with E-state index in [1.165, 1.54) is 38.9 Å². The van der Waals surface area contributed by atoms with Crippen molar-refractivity contribution in [3.05, 3.63) is 83.4 Å². The molecular weight excluding hydrogens is 288 g/mol. The second-order valence-corrected chi connectivity index (χ2v) is 6.21. The standard InChI is InChI=1S/C24H26/c1-4-18-17-23(19-13-9-7-10-14-19)22(6-3)24(21(18)5-2)20-15-11-8-12-16-20/h7-17H,4-6H2,1-3H3. The minimum absolute atomic E-state index is 1.05. The molecule has 0 unspecified atom stereocenters. The molecule has 0 aliphatic carbocycles. The fourth-order valence-electron chi connectivity index (χ4n) is 3.74. The van der Waals surface area contributed by atoms with Gasteiger partial charge in [-0.1, -0.05) is 87.5 Å². The molecular formula is C24H26. The van der Waals surface area contributed by atoms with Crippen molar-refractivity contribution in [2.24, 2.45) is 0 Å². The monoisotopic (exact) mass is 314 g/mol. The lowest BCUT2D eigenvalue weighted by atomic mass is 9.83. The molecule has 3 aromatic carbocycles. The van der Waals surface area contributed by atoms with E-state index in [4.69, 9.17) is 0 Å². The fraction of sp³-hybridized carbons (Fsp3) is 0.250. The number of benzene rings is 3. The summed E-state index contributed by atoms with van der Waals surface area (Å²) in [5, 5.41) is 0. The number of hydrogen-bond donors (Lipinski definition) is 0. The molecule has 0 spiro atoms. The van der Waals surface area contributed by atoms with Crippen molar-refractivity contribution >= 4 is 0 Å². The summed E-state index contributed by atoms with van der Waals surface area (Å²) in [7, 11) is 0. The predicted octanol–water partition coefficient (Wildman–Crippen LogP) is 6.71. The highest BCUT2D eigenvalue weighted by molar-refractivity contribution is 5.82. The van der Waals surface area contributed by atoms with Crippen LogP contribution in [0.25, 0.3) is 22.3 Å². The molecule has 0 aromatic heterocycles. The van der Waals surface area contributed by atoms with Gasteiger partial charge in [0.2, 0.25) is 0 Å². The van der Waals surface area contributed by atoms with Gasteiger partial charge in [0.1, 0.15) is 0 Å². The fourth-order valence-corrected chi connectivity index (χ4v) is 3.74. The van der Waals surface area contributed by atoms with E-state index in [0.29, 0.717) is 0 Å². The van der Waals surface area contributed by atoms with Gasteiger partial charge in [-0.15, -0.1) is 0 Å².